The molecule has 0 bridgehead atoms. The molecule has 2 fully saturated rings. The summed E-state index contributed by atoms with van der Waals surface area (Å²) in [6.07, 6.45) is 17.5. The molecule has 2 aliphatic rings. The molecule has 8 heteroatoms. The van der Waals surface area contributed by atoms with E-state index in [2.05, 4.69) is 25.2 Å². The molecule has 1 saturated carbocycles. The molecule has 0 amide bonds. The molecule has 8 nitrogen and oxygen atoms in total. The Labute approximate surface area is 228 Å². The average molecular weight is 537 g/mol. The van der Waals surface area contributed by atoms with Crippen LogP contribution in [0.3, 0.4) is 0 Å². The predicted octanol–water partition coefficient (Wildman–Crippen LogP) is 5.82. The highest BCUT2D eigenvalue weighted by Gasteiger charge is 2.44. The maximum atomic E-state index is 12.2. The Morgan fingerprint density at radius 3 is 2.37 bits per heavy atom. The van der Waals surface area contributed by atoms with E-state index in [9.17, 15) is 14.4 Å². The van der Waals surface area contributed by atoms with Crippen molar-refractivity contribution < 1.29 is 38.1 Å². The van der Waals surface area contributed by atoms with E-state index in [4.69, 9.17) is 23.7 Å². The Hall–Kier alpha value is -2.19. The maximum Gasteiger partial charge on any atom is 0.335 e. The summed E-state index contributed by atoms with van der Waals surface area (Å²) in [5, 5.41) is 0. The monoisotopic (exact) mass is 536 g/mol. The first-order valence-electron chi connectivity index (χ1n) is 14.4. The van der Waals surface area contributed by atoms with Crippen molar-refractivity contribution >= 4 is 17.9 Å². The second-order valence-corrected chi connectivity index (χ2v) is 10.3. The van der Waals surface area contributed by atoms with Crippen molar-refractivity contribution in [1.29, 1.82) is 0 Å². The Kier molecular flexibility index (Phi) is 15.3. The predicted molar refractivity (Wildman–Crippen MR) is 144 cm³/mol. The molecule has 6 atom stereocenters. The van der Waals surface area contributed by atoms with Crippen molar-refractivity contribution in [3.63, 3.8) is 0 Å². The minimum absolute atomic E-state index is 0.00492. The minimum atomic E-state index is -0.676. The standard InChI is InChI=1S/C30H48O8/c1-5-6-7-8-9-11-16-24-25(28(37-23(3)32)21-27(24)36-22(2)31)17-12-10-13-18-26(30(33)34-4)38-29-19-14-15-20-35-29/h10-12,16,24-29H,5-9,13-15,17-21H2,1-4H3/b12-10-,16-11+/t24-,25-,26?,27+,28-,29?/m1/s1. The topological polar surface area (TPSA) is 97.4 Å². The van der Waals surface area contributed by atoms with E-state index < -0.39 is 12.1 Å². The number of carbonyl (C=O) groups excluding carboxylic acids is 3. The van der Waals surface area contributed by atoms with Gasteiger partial charge in [0.25, 0.3) is 0 Å². The number of rotatable bonds is 16. The lowest BCUT2D eigenvalue weighted by atomic mass is 9.89. The molecule has 2 unspecified atom stereocenters. The minimum Gasteiger partial charge on any atom is -0.467 e. The van der Waals surface area contributed by atoms with Crippen LogP contribution >= 0.6 is 0 Å². The van der Waals surface area contributed by atoms with Gasteiger partial charge in [-0.3, -0.25) is 9.59 Å². The normalized spacial score (nSPS) is 26.5. The Bertz CT molecular complexity index is 770. The van der Waals surface area contributed by atoms with E-state index in [1.54, 1.807) is 0 Å². The van der Waals surface area contributed by atoms with E-state index >= 15 is 0 Å². The average Bonchev–Trinajstić information content (AvgIpc) is 3.19. The van der Waals surface area contributed by atoms with Crippen LogP contribution in [0.15, 0.2) is 24.3 Å². The van der Waals surface area contributed by atoms with Gasteiger partial charge in [0.15, 0.2) is 12.4 Å². The highest BCUT2D eigenvalue weighted by atomic mass is 16.7. The van der Waals surface area contributed by atoms with Crippen molar-refractivity contribution in [2.45, 2.75) is 122 Å². The lowest BCUT2D eigenvalue weighted by molar-refractivity contribution is -0.203. The van der Waals surface area contributed by atoms with Gasteiger partial charge in [0, 0.05) is 38.7 Å². The van der Waals surface area contributed by atoms with Crippen LogP contribution in [0.2, 0.25) is 0 Å². The molecule has 0 radical (unpaired) electrons. The lowest BCUT2D eigenvalue weighted by Crippen LogP contribution is -2.33. The van der Waals surface area contributed by atoms with Crippen LogP contribution in [0.5, 0.6) is 0 Å². The summed E-state index contributed by atoms with van der Waals surface area (Å²) in [6, 6.07) is 0. The molecule has 2 rings (SSSR count). The molecule has 216 valence electrons. The first-order valence-corrected chi connectivity index (χ1v) is 14.4. The van der Waals surface area contributed by atoms with Gasteiger partial charge in [-0.15, -0.1) is 0 Å². The molecular weight excluding hydrogens is 488 g/mol. The van der Waals surface area contributed by atoms with Gasteiger partial charge < -0.3 is 23.7 Å². The molecule has 0 aromatic rings. The summed E-state index contributed by atoms with van der Waals surface area (Å²) in [4.78, 5) is 35.8. The molecule has 1 aliphatic carbocycles. The summed E-state index contributed by atoms with van der Waals surface area (Å²) in [5.74, 6) is -1.10. The summed E-state index contributed by atoms with van der Waals surface area (Å²) in [5.41, 5.74) is 0. The zero-order valence-electron chi connectivity index (χ0n) is 23.7. The third-order valence-electron chi connectivity index (χ3n) is 7.17. The number of hydrogen-bond donors (Lipinski definition) is 0. The largest absolute Gasteiger partial charge is 0.467 e. The van der Waals surface area contributed by atoms with Crippen LogP contribution in [-0.4, -0.2) is 56.2 Å². The number of ether oxygens (including phenoxy) is 5. The van der Waals surface area contributed by atoms with Gasteiger partial charge >= 0.3 is 17.9 Å². The van der Waals surface area contributed by atoms with Gasteiger partial charge in [-0.2, -0.15) is 0 Å². The molecule has 1 aliphatic heterocycles. The Morgan fingerprint density at radius 2 is 1.71 bits per heavy atom. The molecule has 0 N–H and O–H groups in total. The summed E-state index contributed by atoms with van der Waals surface area (Å²) >= 11 is 0. The van der Waals surface area contributed by atoms with Crippen LogP contribution in [0, 0.1) is 11.8 Å². The van der Waals surface area contributed by atoms with E-state index in [1.807, 2.05) is 6.08 Å². The second-order valence-electron chi connectivity index (χ2n) is 10.3. The second kappa shape index (κ2) is 18.2. The van der Waals surface area contributed by atoms with E-state index in [0.29, 0.717) is 32.3 Å². The van der Waals surface area contributed by atoms with E-state index in [-0.39, 0.29) is 42.3 Å². The molecule has 0 aromatic heterocycles. The number of esters is 3. The molecule has 0 aromatic carbocycles. The number of unbranched alkanes of at least 4 members (excludes halogenated alkanes) is 4. The smallest absolute Gasteiger partial charge is 0.335 e. The fourth-order valence-corrected chi connectivity index (χ4v) is 5.28. The van der Waals surface area contributed by atoms with Crippen molar-refractivity contribution in [2.75, 3.05) is 13.7 Å². The fourth-order valence-electron chi connectivity index (χ4n) is 5.28. The van der Waals surface area contributed by atoms with Crippen molar-refractivity contribution in [2.24, 2.45) is 11.8 Å². The number of carbonyl (C=O) groups is 3. The Balaban J connectivity index is 2.01. The van der Waals surface area contributed by atoms with Gasteiger partial charge in [0.1, 0.15) is 12.2 Å². The van der Waals surface area contributed by atoms with Gasteiger partial charge in [-0.25, -0.2) is 4.79 Å². The van der Waals surface area contributed by atoms with Gasteiger partial charge in [0.2, 0.25) is 0 Å². The quantitative estimate of drug-likeness (QED) is 0.105. The third-order valence-corrected chi connectivity index (χ3v) is 7.17. The summed E-state index contributed by atoms with van der Waals surface area (Å²) < 4.78 is 27.7. The van der Waals surface area contributed by atoms with E-state index in [1.165, 1.54) is 40.2 Å². The summed E-state index contributed by atoms with van der Waals surface area (Å²) in [6.45, 7) is 5.66. The van der Waals surface area contributed by atoms with Crippen molar-refractivity contribution in [3.05, 3.63) is 24.3 Å². The van der Waals surface area contributed by atoms with Crippen LogP contribution in [0.1, 0.15) is 97.8 Å². The zero-order chi connectivity index (χ0) is 27.8. The van der Waals surface area contributed by atoms with Crippen molar-refractivity contribution in [3.8, 4) is 0 Å². The first kappa shape index (κ1) is 32.0. The van der Waals surface area contributed by atoms with Gasteiger partial charge in [-0.05, 0) is 51.4 Å². The van der Waals surface area contributed by atoms with Crippen LogP contribution in [0.25, 0.3) is 0 Å². The van der Waals surface area contributed by atoms with E-state index in [0.717, 1.165) is 32.1 Å². The number of methoxy groups -OCH3 is 1. The lowest BCUT2D eigenvalue weighted by Gasteiger charge is -2.26. The third kappa shape index (κ3) is 11.7. The molecule has 0 spiro atoms. The highest BCUT2D eigenvalue weighted by molar-refractivity contribution is 5.74. The zero-order valence-corrected chi connectivity index (χ0v) is 23.7. The van der Waals surface area contributed by atoms with Crippen LogP contribution in [0.4, 0.5) is 0 Å². The summed E-state index contributed by atoms with van der Waals surface area (Å²) in [7, 11) is 1.36. The number of hydrogen-bond acceptors (Lipinski definition) is 8. The molecule has 38 heavy (non-hydrogen) atoms. The van der Waals surface area contributed by atoms with Gasteiger partial charge in [0.05, 0.1) is 7.11 Å². The van der Waals surface area contributed by atoms with Crippen molar-refractivity contribution in [1.82, 2.24) is 0 Å². The SMILES string of the molecule is CCCCCC/C=C/[C@@H]1[C@@H](C/C=C\CCC(OC2CCCCO2)C(=O)OC)[C@H](OC(C)=O)C[C@@H]1OC(C)=O. The fraction of sp³-hybridized carbons (Fsp3) is 0.767. The molecular formula is C30H48O8. The Morgan fingerprint density at radius 1 is 0.947 bits per heavy atom. The van der Waals surface area contributed by atoms with Crippen LogP contribution < -0.4 is 0 Å². The van der Waals surface area contributed by atoms with Crippen LogP contribution in [-0.2, 0) is 38.1 Å². The first-order chi connectivity index (χ1) is 18.3. The molecule has 1 saturated heterocycles. The van der Waals surface area contributed by atoms with Gasteiger partial charge in [-0.1, -0.05) is 50.5 Å². The highest BCUT2D eigenvalue weighted by Crippen LogP contribution is 2.40. The molecule has 1 heterocycles. The number of allylic oxidation sites excluding steroid dienone is 3. The maximum absolute atomic E-state index is 12.2.